The van der Waals surface area contributed by atoms with E-state index in [-0.39, 0.29) is 0 Å². The van der Waals surface area contributed by atoms with Gasteiger partial charge in [0.15, 0.2) is 4.77 Å². The molecule has 108 valence electrons. The molecule has 0 aliphatic carbocycles. The fourth-order valence-corrected chi connectivity index (χ4v) is 3.44. The van der Waals surface area contributed by atoms with Crippen LogP contribution >= 0.6 is 12.2 Å². The van der Waals surface area contributed by atoms with Crippen LogP contribution in [0.15, 0.2) is 30.5 Å². The summed E-state index contributed by atoms with van der Waals surface area (Å²) in [5.74, 6) is 0. The topological polar surface area (TPSA) is 42.8 Å². The number of fused-ring (bicyclic) bond motifs is 3. The van der Waals surface area contributed by atoms with Gasteiger partial charge in [0.05, 0.1) is 28.9 Å². The van der Waals surface area contributed by atoms with Crippen molar-refractivity contribution in [2.75, 3.05) is 6.61 Å². The predicted octanol–water partition coefficient (Wildman–Crippen LogP) is 3.82. The molecule has 1 aliphatic heterocycles. The van der Waals surface area contributed by atoms with E-state index in [2.05, 4.69) is 20.6 Å². The quantitative estimate of drug-likeness (QED) is 0.748. The summed E-state index contributed by atoms with van der Waals surface area (Å²) in [5.41, 5.74) is 3.17. The Morgan fingerprint density at radius 3 is 3.14 bits per heavy atom. The third-order valence-corrected chi connectivity index (χ3v) is 4.52. The summed E-state index contributed by atoms with van der Waals surface area (Å²) >= 11 is 5.49. The molecule has 3 aromatic rings. The van der Waals surface area contributed by atoms with Crippen LogP contribution in [0.3, 0.4) is 0 Å². The van der Waals surface area contributed by atoms with E-state index in [0.717, 1.165) is 52.7 Å². The molecule has 21 heavy (non-hydrogen) atoms. The Hall–Kier alpha value is -1.72. The van der Waals surface area contributed by atoms with Gasteiger partial charge in [-0.05, 0) is 37.5 Å². The Morgan fingerprint density at radius 1 is 1.38 bits per heavy atom. The lowest BCUT2D eigenvalue weighted by Crippen LogP contribution is -2.10. The minimum absolute atomic E-state index is 0.380. The highest BCUT2D eigenvalue weighted by Crippen LogP contribution is 2.24. The number of ether oxygens (including phenoxy) is 1. The highest BCUT2D eigenvalue weighted by atomic mass is 32.1. The summed E-state index contributed by atoms with van der Waals surface area (Å²) in [5, 5.41) is 1.15. The zero-order chi connectivity index (χ0) is 14.2. The molecule has 3 heterocycles. The first-order valence-corrected chi connectivity index (χ1v) is 7.81. The van der Waals surface area contributed by atoms with Crippen LogP contribution in [-0.4, -0.2) is 27.2 Å². The van der Waals surface area contributed by atoms with Crippen LogP contribution in [0.1, 0.15) is 19.3 Å². The van der Waals surface area contributed by atoms with Crippen molar-refractivity contribution < 1.29 is 4.74 Å². The molecule has 5 heteroatoms. The van der Waals surface area contributed by atoms with Crippen molar-refractivity contribution in [3.05, 3.63) is 35.2 Å². The average Bonchev–Trinajstić information content (AvgIpc) is 3.12. The van der Waals surface area contributed by atoms with E-state index < -0.39 is 0 Å². The number of nitrogens with one attached hydrogen (secondary N) is 1. The average molecular weight is 299 g/mol. The first kappa shape index (κ1) is 13.0. The number of aromatic amines is 1. The summed E-state index contributed by atoms with van der Waals surface area (Å²) in [6, 6.07) is 8.20. The van der Waals surface area contributed by atoms with Crippen molar-refractivity contribution >= 4 is 34.2 Å². The summed E-state index contributed by atoms with van der Waals surface area (Å²) in [6.07, 6.45) is 5.60. The Bertz CT molecular complexity index is 845. The van der Waals surface area contributed by atoms with Crippen molar-refractivity contribution in [2.45, 2.75) is 31.9 Å². The van der Waals surface area contributed by atoms with Crippen LogP contribution in [-0.2, 0) is 11.3 Å². The number of hydrogen-bond acceptors (Lipinski definition) is 3. The van der Waals surface area contributed by atoms with Gasteiger partial charge in [0.2, 0.25) is 0 Å². The summed E-state index contributed by atoms with van der Waals surface area (Å²) in [7, 11) is 0. The number of nitrogens with zero attached hydrogens (tertiary/aromatic N) is 2. The largest absolute Gasteiger partial charge is 0.378 e. The standard InChI is InChI=1S/C16H17N3OS/c21-16-18-14-10-17-13-6-2-1-5-12(13)15(14)19(16)8-7-11-4-3-9-20-11/h1-2,5-6,10-11H,3-4,7-9H2,(H,18,21). The van der Waals surface area contributed by atoms with Crippen LogP contribution in [0.4, 0.5) is 0 Å². The van der Waals surface area contributed by atoms with Crippen molar-refractivity contribution in [3.63, 3.8) is 0 Å². The smallest absolute Gasteiger partial charge is 0.178 e. The molecule has 0 spiro atoms. The number of benzene rings is 1. The van der Waals surface area contributed by atoms with E-state index in [1.54, 1.807) is 0 Å². The molecule has 0 bridgehead atoms. The number of pyridine rings is 1. The molecule has 1 fully saturated rings. The second-order valence-corrected chi connectivity index (χ2v) is 5.93. The highest BCUT2D eigenvalue weighted by molar-refractivity contribution is 7.71. The summed E-state index contributed by atoms with van der Waals surface area (Å²) in [4.78, 5) is 7.75. The lowest BCUT2D eigenvalue weighted by Gasteiger charge is -2.11. The van der Waals surface area contributed by atoms with Crippen LogP contribution in [0.25, 0.3) is 21.9 Å². The van der Waals surface area contributed by atoms with Gasteiger partial charge in [0.25, 0.3) is 0 Å². The molecule has 1 unspecified atom stereocenters. The van der Waals surface area contributed by atoms with Gasteiger partial charge < -0.3 is 14.3 Å². The molecular weight excluding hydrogens is 282 g/mol. The van der Waals surface area contributed by atoms with Crippen LogP contribution in [0.5, 0.6) is 0 Å². The third-order valence-electron chi connectivity index (χ3n) is 4.20. The number of aromatic nitrogens is 3. The van der Waals surface area contributed by atoms with Crippen LogP contribution in [0.2, 0.25) is 0 Å². The maximum absolute atomic E-state index is 5.72. The molecule has 0 radical (unpaired) electrons. The number of rotatable bonds is 3. The van der Waals surface area contributed by atoms with E-state index in [0.29, 0.717) is 6.10 Å². The fraction of sp³-hybridized carbons (Fsp3) is 0.375. The van der Waals surface area contributed by atoms with Gasteiger partial charge in [0, 0.05) is 18.5 Å². The minimum Gasteiger partial charge on any atom is -0.378 e. The van der Waals surface area contributed by atoms with Crippen molar-refractivity contribution in [2.24, 2.45) is 0 Å². The molecule has 1 aliphatic rings. The van der Waals surface area contributed by atoms with Gasteiger partial charge >= 0.3 is 0 Å². The molecule has 1 atom stereocenters. The van der Waals surface area contributed by atoms with Crippen molar-refractivity contribution in [1.29, 1.82) is 0 Å². The zero-order valence-electron chi connectivity index (χ0n) is 11.7. The van der Waals surface area contributed by atoms with E-state index in [1.165, 1.54) is 6.42 Å². The number of aryl methyl sites for hydroxylation is 1. The van der Waals surface area contributed by atoms with E-state index in [4.69, 9.17) is 17.0 Å². The van der Waals surface area contributed by atoms with Crippen LogP contribution < -0.4 is 0 Å². The molecule has 2 aromatic heterocycles. The zero-order valence-corrected chi connectivity index (χ0v) is 12.5. The highest BCUT2D eigenvalue weighted by Gasteiger charge is 2.16. The molecular formula is C16H17N3OS. The maximum atomic E-state index is 5.72. The number of hydrogen-bond donors (Lipinski definition) is 1. The Labute approximate surface area is 127 Å². The van der Waals surface area contributed by atoms with E-state index >= 15 is 0 Å². The van der Waals surface area contributed by atoms with Crippen LogP contribution in [0, 0.1) is 4.77 Å². The second-order valence-electron chi connectivity index (χ2n) is 5.54. The second kappa shape index (κ2) is 5.24. The minimum atomic E-state index is 0.380. The molecule has 0 amide bonds. The maximum Gasteiger partial charge on any atom is 0.178 e. The van der Waals surface area contributed by atoms with Gasteiger partial charge in [-0.15, -0.1) is 0 Å². The number of H-pyrrole nitrogens is 1. The summed E-state index contributed by atoms with van der Waals surface area (Å²) in [6.45, 7) is 1.79. The first-order chi connectivity index (χ1) is 10.3. The third kappa shape index (κ3) is 2.26. The van der Waals surface area contributed by atoms with Crippen molar-refractivity contribution in [1.82, 2.24) is 14.5 Å². The molecule has 4 rings (SSSR count). The lowest BCUT2D eigenvalue weighted by atomic mass is 10.1. The number of imidazole rings is 1. The van der Waals surface area contributed by atoms with Gasteiger partial charge in [-0.25, -0.2) is 0 Å². The Balaban J connectivity index is 1.81. The monoisotopic (exact) mass is 299 g/mol. The molecule has 1 N–H and O–H groups in total. The predicted molar refractivity (Wildman–Crippen MR) is 86.0 cm³/mol. The first-order valence-electron chi connectivity index (χ1n) is 7.41. The van der Waals surface area contributed by atoms with Crippen molar-refractivity contribution in [3.8, 4) is 0 Å². The molecule has 4 nitrogen and oxygen atoms in total. The summed E-state index contributed by atoms with van der Waals surface area (Å²) < 4.78 is 8.68. The van der Waals surface area contributed by atoms with Gasteiger partial charge in [-0.3, -0.25) is 4.98 Å². The molecule has 0 saturated carbocycles. The van der Waals surface area contributed by atoms with E-state index in [9.17, 15) is 0 Å². The Kier molecular flexibility index (Phi) is 3.24. The normalized spacial score (nSPS) is 18.8. The SMILES string of the molecule is S=c1[nH]c2cnc3ccccc3c2n1CCC1CCCO1. The fourth-order valence-electron chi connectivity index (χ4n) is 3.15. The molecule has 1 saturated heterocycles. The van der Waals surface area contributed by atoms with E-state index in [1.807, 2.05) is 24.4 Å². The number of para-hydroxylation sites is 1. The Morgan fingerprint density at radius 2 is 2.29 bits per heavy atom. The van der Waals surface area contributed by atoms with Gasteiger partial charge in [-0.1, -0.05) is 18.2 Å². The molecule has 1 aromatic carbocycles. The van der Waals surface area contributed by atoms with Gasteiger partial charge in [-0.2, -0.15) is 0 Å². The van der Waals surface area contributed by atoms with Gasteiger partial charge in [0.1, 0.15) is 0 Å². The lowest BCUT2D eigenvalue weighted by molar-refractivity contribution is 0.101.